The SMILES string of the molecule is O=c1cc(OCc2ccsc2F)ccn1-c1ccc2nc(C3CC3)[nH]c2c1. The fourth-order valence-electron chi connectivity index (χ4n) is 3.06. The molecule has 0 atom stereocenters. The van der Waals surface area contributed by atoms with Gasteiger partial charge in [-0.15, -0.1) is 11.3 Å². The summed E-state index contributed by atoms with van der Waals surface area (Å²) < 4.78 is 20.6. The third kappa shape index (κ3) is 3.14. The Morgan fingerprint density at radius 1 is 1.26 bits per heavy atom. The Labute approximate surface area is 158 Å². The first-order valence-corrected chi connectivity index (χ1v) is 9.63. The summed E-state index contributed by atoms with van der Waals surface area (Å²) in [6, 6.07) is 10.5. The van der Waals surface area contributed by atoms with Gasteiger partial charge in [0.15, 0.2) is 5.13 Å². The van der Waals surface area contributed by atoms with E-state index in [-0.39, 0.29) is 17.3 Å². The zero-order valence-corrected chi connectivity index (χ0v) is 15.1. The zero-order valence-electron chi connectivity index (χ0n) is 14.3. The third-order valence-corrected chi connectivity index (χ3v) is 5.45. The van der Waals surface area contributed by atoms with Gasteiger partial charge in [0.05, 0.1) is 16.7 Å². The van der Waals surface area contributed by atoms with Crippen molar-refractivity contribution in [2.24, 2.45) is 0 Å². The van der Waals surface area contributed by atoms with Crippen LogP contribution in [-0.4, -0.2) is 14.5 Å². The van der Waals surface area contributed by atoms with Crippen LogP contribution in [-0.2, 0) is 6.61 Å². The standard InChI is InChI=1S/C20H16FN3O2S/c21-19-13(6-8-27-19)11-26-15-5-7-24(18(25)10-15)14-3-4-16-17(9-14)23-20(22-16)12-1-2-12/h3-10,12H,1-2,11H2,(H,22,23). The monoisotopic (exact) mass is 381 g/mol. The molecule has 0 saturated heterocycles. The number of rotatable bonds is 5. The van der Waals surface area contributed by atoms with Crippen molar-refractivity contribution in [3.8, 4) is 11.4 Å². The zero-order chi connectivity index (χ0) is 18.4. The van der Waals surface area contributed by atoms with E-state index >= 15 is 0 Å². The molecule has 1 aliphatic carbocycles. The van der Waals surface area contributed by atoms with Gasteiger partial charge in [-0.05, 0) is 48.6 Å². The van der Waals surface area contributed by atoms with E-state index in [0.717, 1.165) is 33.9 Å². The molecule has 4 aromatic rings. The van der Waals surface area contributed by atoms with E-state index in [2.05, 4.69) is 9.97 Å². The minimum atomic E-state index is -0.262. The van der Waals surface area contributed by atoms with Gasteiger partial charge in [0, 0.05) is 23.7 Å². The Kier molecular flexibility index (Phi) is 3.82. The molecule has 0 radical (unpaired) electrons. The van der Waals surface area contributed by atoms with Crippen LogP contribution in [0.2, 0.25) is 0 Å². The van der Waals surface area contributed by atoms with Gasteiger partial charge in [0.1, 0.15) is 18.2 Å². The molecule has 0 unspecified atom stereocenters. The number of ether oxygens (including phenoxy) is 1. The first kappa shape index (κ1) is 16.3. The number of halogens is 1. The molecule has 1 aromatic carbocycles. The Balaban J connectivity index is 1.40. The van der Waals surface area contributed by atoms with Crippen LogP contribution >= 0.6 is 11.3 Å². The highest BCUT2D eigenvalue weighted by Gasteiger charge is 2.26. The summed E-state index contributed by atoms with van der Waals surface area (Å²) in [6.07, 6.45) is 4.03. The van der Waals surface area contributed by atoms with Crippen molar-refractivity contribution in [3.05, 3.63) is 74.8 Å². The number of pyridine rings is 1. The average molecular weight is 381 g/mol. The number of hydrogen-bond donors (Lipinski definition) is 1. The van der Waals surface area contributed by atoms with Crippen molar-refractivity contribution < 1.29 is 9.13 Å². The smallest absolute Gasteiger partial charge is 0.258 e. The molecular formula is C20H16FN3O2S. The molecule has 1 saturated carbocycles. The van der Waals surface area contributed by atoms with Crippen LogP contribution in [0, 0.1) is 5.13 Å². The molecule has 0 spiro atoms. The van der Waals surface area contributed by atoms with Crippen molar-refractivity contribution in [2.75, 3.05) is 0 Å². The van der Waals surface area contributed by atoms with Gasteiger partial charge < -0.3 is 9.72 Å². The van der Waals surface area contributed by atoms with E-state index in [0.29, 0.717) is 17.2 Å². The molecule has 27 heavy (non-hydrogen) atoms. The van der Waals surface area contributed by atoms with Crippen LogP contribution in [0.4, 0.5) is 4.39 Å². The van der Waals surface area contributed by atoms with Crippen LogP contribution in [0.15, 0.2) is 52.8 Å². The summed E-state index contributed by atoms with van der Waals surface area (Å²) in [6.45, 7) is 0.100. The number of H-pyrrole nitrogens is 1. The van der Waals surface area contributed by atoms with E-state index in [1.54, 1.807) is 28.3 Å². The second-order valence-electron chi connectivity index (χ2n) is 6.68. The molecule has 0 aliphatic heterocycles. The summed E-state index contributed by atoms with van der Waals surface area (Å²) in [4.78, 5) is 20.5. The number of aromatic nitrogens is 3. The number of benzene rings is 1. The van der Waals surface area contributed by atoms with E-state index in [9.17, 15) is 9.18 Å². The summed E-state index contributed by atoms with van der Waals surface area (Å²) in [5.74, 6) is 1.99. The van der Waals surface area contributed by atoms with E-state index in [1.807, 2.05) is 18.2 Å². The highest BCUT2D eigenvalue weighted by atomic mass is 32.1. The molecule has 3 aromatic heterocycles. The highest BCUT2D eigenvalue weighted by molar-refractivity contribution is 7.08. The molecule has 1 aliphatic rings. The molecular weight excluding hydrogens is 365 g/mol. The predicted molar refractivity (Wildman–Crippen MR) is 102 cm³/mol. The Hall–Kier alpha value is -2.93. The van der Waals surface area contributed by atoms with Crippen molar-refractivity contribution in [1.82, 2.24) is 14.5 Å². The fourth-order valence-corrected chi connectivity index (χ4v) is 3.69. The lowest BCUT2D eigenvalue weighted by Gasteiger charge is -2.08. The van der Waals surface area contributed by atoms with Gasteiger partial charge in [-0.2, -0.15) is 4.39 Å². The van der Waals surface area contributed by atoms with Crippen molar-refractivity contribution in [2.45, 2.75) is 25.4 Å². The number of thiophene rings is 1. The number of aromatic amines is 1. The van der Waals surface area contributed by atoms with Gasteiger partial charge in [0.2, 0.25) is 0 Å². The van der Waals surface area contributed by atoms with Gasteiger partial charge in [-0.3, -0.25) is 9.36 Å². The van der Waals surface area contributed by atoms with Crippen molar-refractivity contribution >= 4 is 22.4 Å². The molecule has 7 heteroatoms. The van der Waals surface area contributed by atoms with Crippen LogP contribution in [0.5, 0.6) is 5.75 Å². The van der Waals surface area contributed by atoms with Crippen LogP contribution in [0.1, 0.15) is 30.1 Å². The summed E-state index contributed by atoms with van der Waals surface area (Å²) in [7, 11) is 0. The van der Waals surface area contributed by atoms with E-state index in [1.165, 1.54) is 18.9 Å². The van der Waals surface area contributed by atoms with Crippen molar-refractivity contribution in [1.29, 1.82) is 0 Å². The number of nitrogens with zero attached hydrogens (tertiary/aromatic N) is 2. The number of fused-ring (bicyclic) bond motifs is 1. The summed E-state index contributed by atoms with van der Waals surface area (Å²) >= 11 is 1.03. The normalized spacial score (nSPS) is 14.0. The quantitative estimate of drug-likeness (QED) is 0.558. The number of nitrogens with one attached hydrogen (secondary N) is 1. The van der Waals surface area contributed by atoms with Gasteiger partial charge >= 0.3 is 0 Å². The molecule has 1 fully saturated rings. The maximum Gasteiger partial charge on any atom is 0.258 e. The largest absolute Gasteiger partial charge is 0.489 e. The topological polar surface area (TPSA) is 59.9 Å². The third-order valence-electron chi connectivity index (χ3n) is 4.70. The van der Waals surface area contributed by atoms with E-state index < -0.39 is 0 Å². The lowest BCUT2D eigenvalue weighted by molar-refractivity contribution is 0.300. The fraction of sp³-hybridized carbons (Fsp3) is 0.200. The maximum atomic E-state index is 13.5. The van der Waals surface area contributed by atoms with Crippen LogP contribution in [0.3, 0.4) is 0 Å². The molecule has 3 heterocycles. The second-order valence-corrected chi connectivity index (χ2v) is 7.54. The number of imidazole rings is 1. The predicted octanol–water partition coefficient (Wildman–Crippen LogP) is 4.37. The summed E-state index contributed by atoms with van der Waals surface area (Å²) in [5.41, 5.74) is 2.87. The Morgan fingerprint density at radius 3 is 2.89 bits per heavy atom. The van der Waals surface area contributed by atoms with E-state index in [4.69, 9.17) is 4.74 Å². The molecule has 0 amide bonds. The average Bonchev–Trinajstić information content (AvgIpc) is 3.30. The molecule has 1 N–H and O–H groups in total. The van der Waals surface area contributed by atoms with Gasteiger partial charge in [-0.1, -0.05) is 0 Å². The van der Waals surface area contributed by atoms with Crippen LogP contribution < -0.4 is 10.3 Å². The molecule has 5 nitrogen and oxygen atoms in total. The molecule has 0 bridgehead atoms. The van der Waals surface area contributed by atoms with Gasteiger partial charge in [-0.25, -0.2) is 4.98 Å². The first-order valence-electron chi connectivity index (χ1n) is 8.75. The minimum absolute atomic E-state index is 0.100. The molecule has 136 valence electrons. The summed E-state index contributed by atoms with van der Waals surface area (Å²) in [5, 5.41) is 1.41. The maximum absolute atomic E-state index is 13.5. The lowest BCUT2D eigenvalue weighted by atomic mass is 10.2. The molecule has 5 rings (SSSR count). The first-order chi connectivity index (χ1) is 13.2. The lowest BCUT2D eigenvalue weighted by Crippen LogP contribution is -2.16. The Morgan fingerprint density at radius 2 is 2.15 bits per heavy atom. The highest BCUT2D eigenvalue weighted by Crippen LogP contribution is 2.39. The van der Waals surface area contributed by atoms with Gasteiger partial charge in [0.25, 0.3) is 5.56 Å². The van der Waals surface area contributed by atoms with Crippen molar-refractivity contribution in [3.63, 3.8) is 0 Å². The number of hydrogen-bond acceptors (Lipinski definition) is 4. The van der Waals surface area contributed by atoms with Crippen LogP contribution in [0.25, 0.3) is 16.7 Å². The second kappa shape index (κ2) is 6.35. The Bertz CT molecular complexity index is 1190. The minimum Gasteiger partial charge on any atom is -0.489 e.